The lowest BCUT2D eigenvalue weighted by Gasteiger charge is -2.08. The first-order valence-electron chi connectivity index (χ1n) is 6.40. The van der Waals surface area contributed by atoms with Crippen LogP contribution in [0.4, 0.5) is 0 Å². The number of benzene rings is 1. The van der Waals surface area contributed by atoms with Crippen LogP contribution in [0.15, 0.2) is 39.6 Å². The van der Waals surface area contributed by atoms with Crippen LogP contribution in [0.2, 0.25) is 5.02 Å². The normalized spacial score (nSPS) is 11.8. The summed E-state index contributed by atoms with van der Waals surface area (Å²) >= 11 is 6.08. The van der Waals surface area contributed by atoms with Gasteiger partial charge in [0.05, 0.1) is 11.4 Å². The van der Waals surface area contributed by atoms with E-state index < -0.39 is 10.0 Å². The van der Waals surface area contributed by atoms with E-state index in [0.717, 1.165) is 11.3 Å². The van der Waals surface area contributed by atoms with Crippen LogP contribution in [-0.2, 0) is 23.1 Å². The highest BCUT2D eigenvalue weighted by atomic mass is 35.5. The number of hydrogen-bond acceptors (Lipinski definition) is 4. The molecule has 114 valence electrons. The van der Waals surface area contributed by atoms with Gasteiger partial charge in [-0.1, -0.05) is 17.7 Å². The predicted octanol–water partition coefficient (Wildman–Crippen LogP) is 2.44. The van der Waals surface area contributed by atoms with E-state index in [0.29, 0.717) is 17.3 Å². The maximum absolute atomic E-state index is 12.2. The van der Waals surface area contributed by atoms with Crippen LogP contribution in [0, 0.1) is 6.92 Å². The summed E-state index contributed by atoms with van der Waals surface area (Å²) in [6, 6.07) is 8.20. The average molecular weight is 329 g/mol. The first-order valence-corrected chi connectivity index (χ1v) is 8.26. The molecule has 2 rings (SSSR count). The Balaban J connectivity index is 2.13. The van der Waals surface area contributed by atoms with Crippen molar-refractivity contribution in [3.63, 3.8) is 0 Å². The first-order chi connectivity index (χ1) is 9.92. The zero-order chi connectivity index (χ0) is 15.5. The van der Waals surface area contributed by atoms with Crippen molar-refractivity contribution in [2.24, 2.45) is 0 Å². The Kier molecular flexibility index (Phi) is 5.05. The van der Waals surface area contributed by atoms with Gasteiger partial charge in [0.25, 0.3) is 0 Å². The molecule has 0 radical (unpaired) electrons. The maximum atomic E-state index is 12.2. The van der Waals surface area contributed by atoms with Gasteiger partial charge in [-0.15, -0.1) is 0 Å². The van der Waals surface area contributed by atoms with Crippen LogP contribution in [0.1, 0.15) is 17.1 Å². The SMILES string of the molecule is CNCc1ccc(S(=O)(=O)NCc2ccc(C)o2)cc1Cl. The summed E-state index contributed by atoms with van der Waals surface area (Å²) in [6.07, 6.45) is 0. The van der Waals surface area contributed by atoms with Crippen molar-refractivity contribution in [1.82, 2.24) is 10.0 Å². The fraction of sp³-hybridized carbons (Fsp3) is 0.286. The summed E-state index contributed by atoms with van der Waals surface area (Å²) in [6.45, 7) is 2.49. The van der Waals surface area contributed by atoms with Crippen molar-refractivity contribution in [2.75, 3.05) is 7.05 Å². The van der Waals surface area contributed by atoms with Gasteiger partial charge in [0.2, 0.25) is 10.0 Å². The van der Waals surface area contributed by atoms with Gasteiger partial charge in [-0.05, 0) is 43.8 Å². The summed E-state index contributed by atoms with van der Waals surface area (Å²) in [5, 5.41) is 3.39. The standard InChI is InChI=1S/C14H17ClN2O3S/c1-10-3-5-12(20-10)9-17-21(18,19)13-6-4-11(8-16-2)14(15)7-13/h3-7,16-17H,8-9H2,1-2H3. The van der Waals surface area contributed by atoms with Crippen molar-refractivity contribution in [3.05, 3.63) is 52.4 Å². The number of halogens is 1. The van der Waals surface area contributed by atoms with Crippen LogP contribution >= 0.6 is 11.6 Å². The number of aryl methyl sites for hydroxylation is 1. The molecule has 1 aromatic carbocycles. The van der Waals surface area contributed by atoms with E-state index in [1.165, 1.54) is 12.1 Å². The monoisotopic (exact) mass is 328 g/mol. The minimum absolute atomic E-state index is 0.103. The molecule has 0 bridgehead atoms. The molecule has 0 aliphatic carbocycles. The molecule has 1 heterocycles. The van der Waals surface area contributed by atoms with Gasteiger partial charge in [0, 0.05) is 11.6 Å². The lowest BCUT2D eigenvalue weighted by Crippen LogP contribution is -2.23. The third-order valence-electron chi connectivity index (χ3n) is 2.93. The summed E-state index contributed by atoms with van der Waals surface area (Å²) in [4.78, 5) is 0.135. The molecule has 0 fully saturated rings. The van der Waals surface area contributed by atoms with Gasteiger partial charge in [-0.2, -0.15) is 0 Å². The molecule has 2 N–H and O–H groups in total. The lowest BCUT2D eigenvalue weighted by molar-refractivity contribution is 0.475. The summed E-state index contributed by atoms with van der Waals surface area (Å²) in [5.41, 5.74) is 0.847. The third-order valence-corrected chi connectivity index (χ3v) is 4.69. The Labute approximate surface area is 129 Å². The van der Waals surface area contributed by atoms with Gasteiger partial charge in [0.15, 0.2) is 0 Å². The molecule has 7 heteroatoms. The Morgan fingerprint density at radius 1 is 1.19 bits per heavy atom. The second kappa shape index (κ2) is 6.62. The molecular formula is C14H17ClN2O3S. The second-order valence-electron chi connectivity index (χ2n) is 4.62. The molecule has 0 atom stereocenters. The first kappa shape index (κ1) is 16.0. The number of furan rings is 1. The Morgan fingerprint density at radius 2 is 1.95 bits per heavy atom. The van der Waals surface area contributed by atoms with Crippen LogP contribution in [0.5, 0.6) is 0 Å². The largest absolute Gasteiger partial charge is 0.465 e. The van der Waals surface area contributed by atoms with Crippen molar-refractivity contribution in [2.45, 2.75) is 24.9 Å². The predicted molar refractivity (Wildman–Crippen MR) is 81.7 cm³/mol. The van der Waals surface area contributed by atoms with E-state index in [-0.39, 0.29) is 11.4 Å². The zero-order valence-electron chi connectivity index (χ0n) is 11.8. The van der Waals surface area contributed by atoms with Gasteiger partial charge in [-0.25, -0.2) is 13.1 Å². The number of sulfonamides is 1. The quantitative estimate of drug-likeness (QED) is 0.854. The minimum Gasteiger partial charge on any atom is -0.465 e. The van der Waals surface area contributed by atoms with Gasteiger partial charge >= 0.3 is 0 Å². The Bertz CT molecular complexity index is 726. The van der Waals surface area contributed by atoms with E-state index >= 15 is 0 Å². The van der Waals surface area contributed by atoms with Crippen LogP contribution in [0.25, 0.3) is 0 Å². The lowest BCUT2D eigenvalue weighted by atomic mass is 10.2. The number of hydrogen-bond donors (Lipinski definition) is 2. The van der Waals surface area contributed by atoms with Gasteiger partial charge in [0.1, 0.15) is 11.5 Å². The number of nitrogens with one attached hydrogen (secondary N) is 2. The molecule has 0 aliphatic rings. The summed E-state index contributed by atoms with van der Waals surface area (Å²) < 4.78 is 32.2. The fourth-order valence-electron chi connectivity index (χ4n) is 1.86. The zero-order valence-corrected chi connectivity index (χ0v) is 13.4. The maximum Gasteiger partial charge on any atom is 0.241 e. The minimum atomic E-state index is -3.62. The van der Waals surface area contributed by atoms with E-state index in [1.54, 1.807) is 32.2 Å². The van der Waals surface area contributed by atoms with Crippen molar-refractivity contribution in [1.29, 1.82) is 0 Å². The van der Waals surface area contributed by atoms with Crippen molar-refractivity contribution < 1.29 is 12.8 Å². The highest BCUT2D eigenvalue weighted by Gasteiger charge is 2.16. The van der Waals surface area contributed by atoms with Crippen molar-refractivity contribution in [3.8, 4) is 0 Å². The Morgan fingerprint density at radius 3 is 2.52 bits per heavy atom. The highest BCUT2D eigenvalue weighted by molar-refractivity contribution is 7.89. The molecule has 1 aromatic heterocycles. The smallest absolute Gasteiger partial charge is 0.241 e. The molecule has 2 aromatic rings. The highest BCUT2D eigenvalue weighted by Crippen LogP contribution is 2.21. The molecule has 0 unspecified atom stereocenters. The molecular weight excluding hydrogens is 312 g/mol. The molecule has 0 saturated heterocycles. The van der Waals surface area contributed by atoms with Crippen LogP contribution in [0.3, 0.4) is 0 Å². The topological polar surface area (TPSA) is 71.3 Å². The van der Waals surface area contributed by atoms with Crippen LogP contribution < -0.4 is 10.0 Å². The molecule has 0 aliphatic heterocycles. The number of rotatable bonds is 6. The third kappa shape index (κ3) is 4.07. The van der Waals surface area contributed by atoms with E-state index in [9.17, 15) is 8.42 Å². The second-order valence-corrected chi connectivity index (χ2v) is 6.79. The molecule has 5 nitrogen and oxygen atoms in total. The fourth-order valence-corrected chi connectivity index (χ4v) is 3.19. The van der Waals surface area contributed by atoms with Crippen LogP contribution in [-0.4, -0.2) is 15.5 Å². The molecule has 0 spiro atoms. The average Bonchev–Trinajstić information content (AvgIpc) is 2.85. The molecule has 21 heavy (non-hydrogen) atoms. The summed E-state index contributed by atoms with van der Waals surface area (Å²) in [7, 11) is -1.82. The van der Waals surface area contributed by atoms with Crippen molar-refractivity contribution >= 4 is 21.6 Å². The molecule has 0 saturated carbocycles. The Hall–Kier alpha value is -1.34. The van der Waals surface area contributed by atoms with E-state index in [1.807, 2.05) is 0 Å². The van der Waals surface area contributed by atoms with E-state index in [2.05, 4.69) is 10.0 Å². The summed E-state index contributed by atoms with van der Waals surface area (Å²) in [5.74, 6) is 1.30. The van der Waals surface area contributed by atoms with E-state index in [4.69, 9.17) is 16.0 Å². The van der Waals surface area contributed by atoms with Gasteiger partial charge < -0.3 is 9.73 Å². The molecule has 0 amide bonds. The van der Waals surface area contributed by atoms with Gasteiger partial charge in [-0.3, -0.25) is 0 Å².